The van der Waals surface area contributed by atoms with Crippen molar-refractivity contribution in [2.24, 2.45) is 4.36 Å². The van der Waals surface area contributed by atoms with E-state index < -0.39 is 9.92 Å². The lowest BCUT2D eigenvalue weighted by Gasteiger charge is -2.19. The molecule has 1 aromatic heterocycles. The van der Waals surface area contributed by atoms with Gasteiger partial charge in [-0.1, -0.05) is 23.2 Å². The molecule has 5 nitrogen and oxygen atoms in total. The van der Waals surface area contributed by atoms with Crippen molar-refractivity contribution in [3.63, 3.8) is 0 Å². The van der Waals surface area contributed by atoms with Crippen LogP contribution in [0.2, 0.25) is 10.2 Å². The van der Waals surface area contributed by atoms with E-state index in [1.807, 2.05) is 0 Å². The molecule has 2 rings (SSSR count). The second-order valence-corrected chi connectivity index (χ2v) is 6.43. The number of hydrogen-bond donors (Lipinski definition) is 0. The molecular weight excluding hydrogens is 283 g/mol. The van der Waals surface area contributed by atoms with Crippen molar-refractivity contribution in [3.05, 3.63) is 22.4 Å². The first-order valence-corrected chi connectivity index (χ1v) is 7.18. The van der Waals surface area contributed by atoms with Crippen molar-refractivity contribution >= 4 is 38.8 Å². The first-order chi connectivity index (χ1) is 8.07. The third kappa shape index (κ3) is 2.32. The third-order valence-corrected chi connectivity index (χ3v) is 5.32. The molecule has 0 aromatic carbocycles. The summed E-state index contributed by atoms with van der Waals surface area (Å²) in [6, 6.07) is 1.58. The topological polar surface area (TPSA) is 69.3 Å². The largest absolute Gasteiger partial charge is 0.283 e. The van der Waals surface area contributed by atoms with Crippen LogP contribution in [0.3, 0.4) is 0 Å². The van der Waals surface area contributed by atoms with E-state index in [9.17, 15) is 4.21 Å². The van der Waals surface area contributed by atoms with Crippen LogP contribution in [-0.4, -0.2) is 21.5 Å². The molecule has 1 saturated heterocycles. The maximum absolute atomic E-state index is 12.3. The monoisotopic (exact) mass is 290 g/mol. The van der Waals surface area contributed by atoms with E-state index in [1.165, 1.54) is 6.20 Å². The zero-order chi connectivity index (χ0) is 12.5. The molecule has 1 aromatic rings. The van der Waals surface area contributed by atoms with Gasteiger partial charge in [0, 0.05) is 6.54 Å². The summed E-state index contributed by atoms with van der Waals surface area (Å²) in [4.78, 5) is 3.89. The van der Waals surface area contributed by atoms with Crippen LogP contribution in [0.1, 0.15) is 6.42 Å². The Morgan fingerprint density at radius 1 is 1.59 bits per heavy atom. The number of nitriles is 1. The van der Waals surface area contributed by atoms with Crippen LogP contribution in [0.5, 0.6) is 0 Å². The molecule has 1 fully saturated rings. The van der Waals surface area contributed by atoms with E-state index >= 15 is 0 Å². The predicted molar refractivity (Wildman–Crippen MR) is 67.3 cm³/mol. The van der Waals surface area contributed by atoms with Crippen molar-refractivity contribution in [1.82, 2.24) is 4.98 Å². The van der Waals surface area contributed by atoms with Crippen molar-refractivity contribution in [3.8, 4) is 6.19 Å². The van der Waals surface area contributed by atoms with E-state index in [1.54, 1.807) is 16.6 Å². The van der Waals surface area contributed by atoms with Gasteiger partial charge in [-0.05, 0) is 12.5 Å². The Morgan fingerprint density at radius 3 is 3.00 bits per heavy atom. The lowest BCUT2D eigenvalue weighted by atomic mass is 10.4. The standard InChI is InChI=1S/C9H8Cl2N4OS/c10-8-4-7(5-13-9(8)11)15-2-1-3-17(15,16)14-6-12/h4-5H,1-3H2. The smallest absolute Gasteiger partial charge is 0.216 e. The van der Waals surface area contributed by atoms with Gasteiger partial charge in [0.25, 0.3) is 0 Å². The number of rotatable bonds is 1. The minimum absolute atomic E-state index is 0.193. The second-order valence-electron chi connectivity index (χ2n) is 3.42. The van der Waals surface area contributed by atoms with Crippen LogP contribution in [-0.2, 0) is 9.92 Å². The molecule has 90 valence electrons. The summed E-state index contributed by atoms with van der Waals surface area (Å²) in [6.07, 6.45) is 3.80. The van der Waals surface area contributed by atoms with E-state index in [4.69, 9.17) is 28.5 Å². The molecular formula is C9H8Cl2N4OS. The Bertz CT molecular complexity index is 604. The minimum atomic E-state index is -2.67. The van der Waals surface area contributed by atoms with Gasteiger partial charge in [0.15, 0.2) is 0 Å². The van der Waals surface area contributed by atoms with E-state index in [-0.39, 0.29) is 10.2 Å². The Balaban J connectivity index is 2.47. The van der Waals surface area contributed by atoms with Crippen LogP contribution in [0.15, 0.2) is 16.6 Å². The van der Waals surface area contributed by atoms with Gasteiger partial charge in [-0.15, -0.1) is 4.36 Å². The highest BCUT2D eigenvalue weighted by atomic mass is 35.5. The quantitative estimate of drug-likeness (QED) is 0.589. The fourth-order valence-electron chi connectivity index (χ4n) is 1.65. The first-order valence-electron chi connectivity index (χ1n) is 4.78. The van der Waals surface area contributed by atoms with Crippen LogP contribution >= 0.6 is 23.2 Å². The molecule has 0 amide bonds. The maximum atomic E-state index is 12.3. The molecule has 2 heterocycles. The fourth-order valence-corrected chi connectivity index (χ4v) is 3.80. The Hall–Kier alpha value is -1.03. The molecule has 1 aliphatic heterocycles. The number of aromatic nitrogens is 1. The zero-order valence-electron chi connectivity index (χ0n) is 8.64. The highest BCUT2D eigenvalue weighted by Gasteiger charge is 2.27. The summed E-state index contributed by atoms with van der Waals surface area (Å²) >= 11 is 11.6. The first kappa shape index (κ1) is 12.4. The molecule has 1 aliphatic rings. The molecule has 17 heavy (non-hydrogen) atoms. The average molecular weight is 291 g/mol. The number of hydrogen-bond acceptors (Lipinski definition) is 4. The molecule has 0 spiro atoms. The molecule has 0 saturated carbocycles. The van der Waals surface area contributed by atoms with Crippen molar-refractivity contribution < 1.29 is 4.21 Å². The van der Waals surface area contributed by atoms with Gasteiger partial charge in [0.05, 0.1) is 22.7 Å². The number of anilines is 1. The normalized spacial score (nSPS) is 23.5. The minimum Gasteiger partial charge on any atom is -0.283 e. The molecule has 1 unspecified atom stereocenters. The highest BCUT2D eigenvalue weighted by molar-refractivity contribution is 7.95. The zero-order valence-corrected chi connectivity index (χ0v) is 11.0. The summed E-state index contributed by atoms with van der Waals surface area (Å²) in [5.41, 5.74) is 0.570. The number of nitrogens with zero attached hydrogens (tertiary/aromatic N) is 4. The molecule has 1 atom stereocenters. The van der Waals surface area contributed by atoms with Crippen molar-refractivity contribution in [2.45, 2.75) is 6.42 Å². The highest BCUT2D eigenvalue weighted by Crippen LogP contribution is 2.29. The Morgan fingerprint density at radius 2 is 2.35 bits per heavy atom. The average Bonchev–Trinajstić information content (AvgIpc) is 2.65. The summed E-state index contributed by atoms with van der Waals surface area (Å²) in [5.74, 6) is 0.376. The van der Waals surface area contributed by atoms with Gasteiger partial charge >= 0.3 is 0 Å². The fraction of sp³-hybridized carbons (Fsp3) is 0.333. The number of halogens is 2. The summed E-state index contributed by atoms with van der Waals surface area (Å²) < 4.78 is 17.4. The van der Waals surface area contributed by atoms with Crippen LogP contribution in [0.25, 0.3) is 0 Å². The molecule has 0 radical (unpaired) electrons. The van der Waals surface area contributed by atoms with Gasteiger partial charge in [0.2, 0.25) is 6.19 Å². The van der Waals surface area contributed by atoms with E-state index in [0.717, 1.165) is 0 Å². The third-order valence-electron chi connectivity index (χ3n) is 2.37. The molecule has 0 bridgehead atoms. The van der Waals surface area contributed by atoms with Crippen LogP contribution in [0, 0.1) is 11.5 Å². The van der Waals surface area contributed by atoms with Gasteiger partial charge in [0.1, 0.15) is 15.1 Å². The van der Waals surface area contributed by atoms with Gasteiger partial charge in [-0.2, -0.15) is 5.26 Å². The van der Waals surface area contributed by atoms with Gasteiger partial charge in [-0.3, -0.25) is 4.31 Å². The summed E-state index contributed by atoms with van der Waals surface area (Å²) in [6.45, 7) is 0.559. The predicted octanol–water partition coefficient (Wildman–Crippen LogP) is 2.46. The van der Waals surface area contributed by atoms with Gasteiger partial charge < -0.3 is 0 Å². The molecule has 0 N–H and O–H groups in total. The Labute approximate surface area is 109 Å². The van der Waals surface area contributed by atoms with E-state index in [2.05, 4.69) is 9.35 Å². The van der Waals surface area contributed by atoms with Crippen LogP contribution < -0.4 is 4.31 Å². The van der Waals surface area contributed by atoms with Crippen molar-refractivity contribution in [2.75, 3.05) is 16.6 Å². The number of pyridine rings is 1. The second kappa shape index (κ2) is 4.69. The SMILES string of the molecule is N#CN=S1(=O)CCCN1c1cnc(Cl)c(Cl)c1. The molecule has 8 heteroatoms. The Kier molecular flexibility index (Phi) is 3.43. The summed E-state index contributed by atoms with van der Waals surface area (Å²) in [5, 5.41) is 9.05. The maximum Gasteiger partial charge on any atom is 0.216 e. The lowest BCUT2D eigenvalue weighted by molar-refractivity contribution is 0.679. The molecule has 0 aliphatic carbocycles. The lowest BCUT2D eigenvalue weighted by Crippen LogP contribution is -2.25. The van der Waals surface area contributed by atoms with E-state index in [0.29, 0.717) is 24.4 Å². The summed E-state index contributed by atoms with van der Waals surface area (Å²) in [7, 11) is -2.67. The van der Waals surface area contributed by atoms with Gasteiger partial charge in [-0.25, -0.2) is 9.19 Å². The van der Waals surface area contributed by atoms with Crippen LogP contribution in [0.4, 0.5) is 5.69 Å². The van der Waals surface area contributed by atoms with Crippen molar-refractivity contribution in [1.29, 1.82) is 5.26 Å².